The van der Waals surface area contributed by atoms with Crippen LogP contribution >= 0.6 is 0 Å². The van der Waals surface area contributed by atoms with Crippen LogP contribution in [0.5, 0.6) is 0 Å². The molecule has 2 unspecified atom stereocenters. The van der Waals surface area contributed by atoms with Crippen molar-refractivity contribution in [2.24, 2.45) is 0 Å². The first kappa shape index (κ1) is 16.6. The SMILES string of the molecule is CCCOC(=O)C(O)C=CC(O)C(=O)OCCC. The van der Waals surface area contributed by atoms with E-state index in [1.54, 1.807) is 0 Å². The normalized spacial score (nSPS) is 14.2. The molecule has 0 aromatic heterocycles. The van der Waals surface area contributed by atoms with E-state index in [0.29, 0.717) is 12.8 Å². The Labute approximate surface area is 106 Å². The van der Waals surface area contributed by atoms with E-state index in [-0.39, 0.29) is 13.2 Å². The lowest BCUT2D eigenvalue weighted by Gasteiger charge is -2.08. The highest BCUT2D eigenvalue weighted by molar-refractivity contribution is 5.78. The molecule has 0 heterocycles. The number of carbonyl (C=O) groups excluding carboxylic acids is 2. The smallest absolute Gasteiger partial charge is 0.339 e. The average molecular weight is 260 g/mol. The van der Waals surface area contributed by atoms with Crippen molar-refractivity contribution in [2.75, 3.05) is 13.2 Å². The molecule has 0 radical (unpaired) electrons. The van der Waals surface area contributed by atoms with Crippen LogP contribution in [-0.4, -0.2) is 47.6 Å². The lowest BCUT2D eigenvalue weighted by atomic mass is 10.2. The fourth-order valence-electron chi connectivity index (χ4n) is 0.944. The van der Waals surface area contributed by atoms with Crippen LogP contribution in [0.15, 0.2) is 12.2 Å². The fraction of sp³-hybridized carbons (Fsp3) is 0.667. The van der Waals surface area contributed by atoms with Gasteiger partial charge in [0.15, 0.2) is 12.2 Å². The van der Waals surface area contributed by atoms with E-state index in [9.17, 15) is 19.8 Å². The Morgan fingerprint density at radius 3 is 1.56 bits per heavy atom. The highest BCUT2D eigenvalue weighted by Crippen LogP contribution is 1.97. The summed E-state index contributed by atoms with van der Waals surface area (Å²) in [5.41, 5.74) is 0. The maximum Gasteiger partial charge on any atom is 0.339 e. The molecule has 0 saturated heterocycles. The fourth-order valence-corrected chi connectivity index (χ4v) is 0.944. The molecule has 2 N–H and O–H groups in total. The molecule has 18 heavy (non-hydrogen) atoms. The number of ether oxygens (including phenoxy) is 2. The standard InChI is InChI=1S/C12H20O6/c1-3-7-17-11(15)9(13)5-6-10(14)12(16)18-8-4-2/h5-6,9-10,13-14H,3-4,7-8H2,1-2H3. The molecule has 0 aliphatic rings. The molecule has 6 heteroatoms. The second-order valence-corrected chi connectivity index (χ2v) is 3.61. The van der Waals surface area contributed by atoms with Gasteiger partial charge in [0.1, 0.15) is 0 Å². The molecule has 0 saturated carbocycles. The number of hydrogen-bond donors (Lipinski definition) is 2. The number of rotatable bonds is 8. The van der Waals surface area contributed by atoms with Crippen molar-refractivity contribution in [3.63, 3.8) is 0 Å². The van der Waals surface area contributed by atoms with Crippen LogP contribution in [0, 0.1) is 0 Å². The first-order valence-corrected chi connectivity index (χ1v) is 5.90. The first-order valence-electron chi connectivity index (χ1n) is 5.90. The van der Waals surface area contributed by atoms with Gasteiger partial charge in [0.05, 0.1) is 13.2 Å². The molecule has 6 nitrogen and oxygen atoms in total. The van der Waals surface area contributed by atoms with E-state index >= 15 is 0 Å². The quantitative estimate of drug-likeness (QED) is 0.477. The van der Waals surface area contributed by atoms with Crippen LogP contribution in [0.25, 0.3) is 0 Å². The third-order valence-corrected chi connectivity index (χ3v) is 1.86. The summed E-state index contributed by atoms with van der Waals surface area (Å²) in [7, 11) is 0. The summed E-state index contributed by atoms with van der Waals surface area (Å²) in [6.45, 7) is 4.07. The van der Waals surface area contributed by atoms with Crippen molar-refractivity contribution in [2.45, 2.75) is 38.9 Å². The number of carbonyl (C=O) groups is 2. The third kappa shape index (κ3) is 7.03. The maximum atomic E-state index is 11.1. The topological polar surface area (TPSA) is 93.1 Å². The molecule has 0 spiro atoms. The Morgan fingerprint density at radius 2 is 1.28 bits per heavy atom. The monoisotopic (exact) mass is 260 g/mol. The molecule has 0 aliphatic heterocycles. The van der Waals surface area contributed by atoms with Crippen molar-refractivity contribution in [3.8, 4) is 0 Å². The van der Waals surface area contributed by atoms with Gasteiger partial charge in [0.2, 0.25) is 0 Å². The predicted octanol–water partition coefficient (Wildman–Crippen LogP) is 0.171. The second-order valence-electron chi connectivity index (χ2n) is 3.61. The molecule has 0 aromatic rings. The van der Waals surface area contributed by atoms with Crippen LogP contribution < -0.4 is 0 Å². The van der Waals surface area contributed by atoms with E-state index in [1.807, 2.05) is 13.8 Å². The highest BCUT2D eigenvalue weighted by Gasteiger charge is 2.16. The molecule has 0 aromatic carbocycles. The lowest BCUT2D eigenvalue weighted by molar-refractivity contribution is -0.152. The van der Waals surface area contributed by atoms with E-state index < -0.39 is 24.1 Å². The molecule has 0 aliphatic carbocycles. The zero-order chi connectivity index (χ0) is 14.0. The van der Waals surface area contributed by atoms with Crippen LogP contribution in [0.1, 0.15) is 26.7 Å². The van der Waals surface area contributed by atoms with E-state index in [2.05, 4.69) is 9.47 Å². The summed E-state index contributed by atoms with van der Waals surface area (Å²) in [4.78, 5) is 22.3. The Bertz CT molecular complexity index is 258. The van der Waals surface area contributed by atoms with Gasteiger partial charge >= 0.3 is 11.9 Å². The lowest BCUT2D eigenvalue weighted by Crippen LogP contribution is -2.24. The molecule has 0 amide bonds. The molecule has 0 fully saturated rings. The maximum absolute atomic E-state index is 11.1. The summed E-state index contributed by atoms with van der Waals surface area (Å²) in [6, 6.07) is 0. The van der Waals surface area contributed by atoms with Gasteiger partial charge in [-0.15, -0.1) is 0 Å². The number of esters is 2. The van der Waals surface area contributed by atoms with Crippen molar-refractivity contribution < 1.29 is 29.3 Å². The Hall–Kier alpha value is -1.40. The van der Waals surface area contributed by atoms with Crippen molar-refractivity contribution in [1.29, 1.82) is 0 Å². The average Bonchev–Trinajstić information content (AvgIpc) is 2.38. The molecule has 0 rings (SSSR count). The van der Waals surface area contributed by atoms with E-state index in [4.69, 9.17) is 0 Å². The first-order chi connectivity index (χ1) is 8.52. The molecular formula is C12H20O6. The Morgan fingerprint density at radius 1 is 0.944 bits per heavy atom. The minimum Gasteiger partial charge on any atom is -0.464 e. The Balaban J connectivity index is 4.11. The van der Waals surface area contributed by atoms with Crippen LogP contribution in [0.3, 0.4) is 0 Å². The summed E-state index contributed by atoms with van der Waals surface area (Å²) in [5.74, 6) is -1.63. The third-order valence-electron chi connectivity index (χ3n) is 1.86. The zero-order valence-electron chi connectivity index (χ0n) is 10.7. The predicted molar refractivity (Wildman–Crippen MR) is 63.7 cm³/mol. The van der Waals surface area contributed by atoms with Crippen LogP contribution in [0.4, 0.5) is 0 Å². The minimum absolute atomic E-state index is 0.213. The molecule has 104 valence electrons. The zero-order valence-corrected chi connectivity index (χ0v) is 10.7. The van der Waals surface area contributed by atoms with Gasteiger partial charge < -0.3 is 19.7 Å². The van der Waals surface area contributed by atoms with Crippen molar-refractivity contribution >= 4 is 11.9 Å². The van der Waals surface area contributed by atoms with E-state index in [1.165, 1.54) is 0 Å². The van der Waals surface area contributed by atoms with Crippen LogP contribution in [-0.2, 0) is 19.1 Å². The number of aliphatic hydroxyl groups is 2. The highest BCUT2D eigenvalue weighted by atomic mass is 16.5. The van der Waals surface area contributed by atoms with Crippen LogP contribution in [0.2, 0.25) is 0 Å². The summed E-state index contributed by atoms with van der Waals surface area (Å²) >= 11 is 0. The van der Waals surface area contributed by atoms with Gasteiger partial charge in [-0.05, 0) is 25.0 Å². The van der Waals surface area contributed by atoms with Gasteiger partial charge in [0.25, 0.3) is 0 Å². The Kier molecular flexibility index (Phi) is 8.86. The number of aliphatic hydroxyl groups excluding tert-OH is 2. The summed E-state index contributed by atoms with van der Waals surface area (Å²) in [5, 5.41) is 18.7. The van der Waals surface area contributed by atoms with Gasteiger partial charge in [-0.3, -0.25) is 0 Å². The minimum atomic E-state index is -1.50. The van der Waals surface area contributed by atoms with Gasteiger partial charge in [-0.25, -0.2) is 9.59 Å². The molecule has 0 bridgehead atoms. The van der Waals surface area contributed by atoms with Gasteiger partial charge in [-0.1, -0.05) is 13.8 Å². The summed E-state index contributed by atoms with van der Waals surface area (Å²) < 4.78 is 9.35. The van der Waals surface area contributed by atoms with E-state index in [0.717, 1.165) is 12.2 Å². The number of hydrogen-bond acceptors (Lipinski definition) is 6. The summed E-state index contributed by atoms with van der Waals surface area (Å²) in [6.07, 6.45) is 0.295. The molecular weight excluding hydrogens is 240 g/mol. The van der Waals surface area contributed by atoms with Gasteiger partial charge in [-0.2, -0.15) is 0 Å². The van der Waals surface area contributed by atoms with Crippen molar-refractivity contribution in [1.82, 2.24) is 0 Å². The van der Waals surface area contributed by atoms with Gasteiger partial charge in [0, 0.05) is 0 Å². The molecule has 2 atom stereocenters. The second kappa shape index (κ2) is 9.61. The van der Waals surface area contributed by atoms with Crippen molar-refractivity contribution in [3.05, 3.63) is 12.2 Å². The largest absolute Gasteiger partial charge is 0.464 e.